The summed E-state index contributed by atoms with van der Waals surface area (Å²) in [6.07, 6.45) is 0. The van der Waals surface area contributed by atoms with E-state index in [1.807, 2.05) is 13.8 Å². The third kappa shape index (κ3) is 2.07. The van der Waals surface area contributed by atoms with Crippen molar-refractivity contribution in [2.24, 2.45) is 4.99 Å². The Morgan fingerprint density at radius 3 is 2.50 bits per heavy atom. The van der Waals surface area contributed by atoms with Crippen molar-refractivity contribution in [3.8, 4) is 0 Å². The summed E-state index contributed by atoms with van der Waals surface area (Å²) in [5.74, 6) is 0. The molecule has 0 aromatic heterocycles. The van der Waals surface area contributed by atoms with Crippen LogP contribution in [0, 0.1) is 0 Å². The molecule has 1 aliphatic rings. The van der Waals surface area contributed by atoms with Crippen LogP contribution >= 0.6 is 15.9 Å². The number of aliphatic imine (C=N–C) groups is 1. The predicted molar refractivity (Wildman–Crippen MR) is 51.6 cm³/mol. The second-order valence-electron chi connectivity index (χ2n) is 2.66. The highest BCUT2D eigenvalue weighted by Crippen LogP contribution is 2.14. The van der Waals surface area contributed by atoms with E-state index in [2.05, 4.69) is 26.2 Å². The van der Waals surface area contributed by atoms with E-state index in [0.29, 0.717) is 4.61 Å². The lowest BCUT2D eigenvalue weighted by molar-refractivity contribution is 0.614. The second kappa shape index (κ2) is 3.18. The summed E-state index contributed by atoms with van der Waals surface area (Å²) in [7, 11) is -3.30. The lowest BCUT2D eigenvalue weighted by Gasteiger charge is -2.00. The molecule has 0 aromatic carbocycles. The number of hydrogen-bond donors (Lipinski definition) is 1. The number of sulfone groups is 1. The van der Waals surface area contributed by atoms with Crippen molar-refractivity contribution < 1.29 is 8.42 Å². The minimum Gasteiger partial charge on any atom is -0.324 e. The van der Waals surface area contributed by atoms with Gasteiger partial charge in [0.1, 0.15) is 0 Å². The molecule has 0 unspecified atom stereocenters. The highest BCUT2D eigenvalue weighted by molar-refractivity contribution is 9.11. The van der Waals surface area contributed by atoms with Crippen molar-refractivity contribution >= 4 is 30.9 Å². The fourth-order valence-corrected chi connectivity index (χ4v) is 2.85. The number of halogens is 1. The number of amidine groups is 1. The van der Waals surface area contributed by atoms with Gasteiger partial charge in [-0.15, -0.1) is 0 Å². The molecule has 0 spiro atoms. The van der Waals surface area contributed by atoms with Gasteiger partial charge >= 0.3 is 0 Å². The average Bonchev–Trinajstić information content (AvgIpc) is 2.04. The third-order valence-electron chi connectivity index (χ3n) is 1.13. The standard InChI is InChI=1S/C6H9BrN2O2S/c1-4(2)8-6-9-5(7)3-12(6,10)11/h3-4H,1-2H3,(H,8,9). The van der Waals surface area contributed by atoms with Crippen LogP contribution in [0.5, 0.6) is 0 Å². The maximum Gasteiger partial charge on any atom is 0.235 e. The van der Waals surface area contributed by atoms with Gasteiger partial charge in [0, 0.05) is 6.04 Å². The van der Waals surface area contributed by atoms with Crippen molar-refractivity contribution in [1.29, 1.82) is 0 Å². The fraction of sp³-hybridized carbons (Fsp3) is 0.500. The molecule has 12 heavy (non-hydrogen) atoms. The van der Waals surface area contributed by atoms with E-state index in [1.54, 1.807) is 0 Å². The van der Waals surface area contributed by atoms with Gasteiger partial charge in [-0.1, -0.05) is 0 Å². The Morgan fingerprint density at radius 1 is 1.58 bits per heavy atom. The fourth-order valence-electron chi connectivity index (χ4n) is 0.735. The minimum atomic E-state index is -3.30. The molecule has 0 radical (unpaired) electrons. The summed E-state index contributed by atoms with van der Waals surface area (Å²) in [5.41, 5.74) is 0. The van der Waals surface area contributed by atoms with E-state index >= 15 is 0 Å². The Balaban J connectivity index is 3.02. The Morgan fingerprint density at radius 2 is 2.17 bits per heavy atom. The van der Waals surface area contributed by atoms with Crippen molar-refractivity contribution in [3.05, 3.63) is 10.0 Å². The Hall–Kier alpha value is -0.360. The van der Waals surface area contributed by atoms with Crippen molar-refractivity contribution in [1.82, 2.24) is 5.32 Å². The van der Waals surface area contributed by atoms with Crippen molar-refractivity contribution in [2.75, 3.05) is 0 Å². The van der Waals surface area contributed by atoms with E-state index in [1.165, 1.54) is 0 Å². The maximum absolute atomic E-state index is 11.2. The molecule has 0 aromatic rings. The van der Waals surface area contributed by atoms with E-state index in [0.717, 1.165) is 5.41 Å². The first-order chi connectivity index (χ1) is 5.42. The van der Waals surface area contributed by atoms with E-state index in [9.17, 15) is 8.42 Å². The molecule has 1 aliphatic heterocycles. The van der Waals surface area contributed by atoms with Gasteiger partial charge in [-0.2, -0.15) is 0 Å². The molecule has 0 atom stereocenters. The molecule has 0 fully saturated rings. The monoisotopic (exact) mass is 252 g/mol. The number of hydrogen-bond acceptors (Lipinski definition) is 3. The molecule has 0 saturated carbocycles. The van der Waals surface area contributed by atoms with Crippen LogP contribution in [-0.4, -0.2) is 19.6 Å². The normalized spacial score (nSPS) is 24.3. The first-order valence-corrected chi connectivity index (χ1v) is 5.73. The van der Waals surface area contributed by atoms with Gasteiger partial charge in [0.2, 0.25) is 15.0 Å². The third-order valence-corrected chi connectivity index (χ3v) is 3.15. The van der Waals surface area contributed by atoms with E-state index < -0.39 is 9.84 Å². The summed E-state index contributed by atoms with van der Waals surface area (Å²) in [6.45, 7) is 3.63. The van der Waals surface area contributed by atoms with Crippen LogP contribution in [-0.2, 0) is 9.84 Å². The average molecular weight is 253 g/mol. The summed E-state index contributed by atoms with van der Waals surface area (Å²) < 4.78 is 22.8. The zero-order chi connectivity index (χ0) is 9.35. The lowest BCUT2D eigenvalue weighted by atomic mass is 10.4. The molecule has 0 bridgehead atoms. The first-order valence-electron chi connectivity index (χ1n) is 3.39. The number of rotatable bonds is 1. The zero-order valence-corrected chi connectivity index (χ0v) is 9.11. The molecule has 0 amide bonds. The van der Waals surface area contributed by atoms with Crippen LogP contribution in [0.15, 0.2) is 15.0 Å². The summed E-state index contributed by atoms with van der Waals surface area (Å²) in [4.78, 5) is 3.92. The van der Waals surface area contributed by atoms with Gasteiger partial charge in [0.25, 0.3) is 0 Å². The number of nitrogens with one attached hydrogen (secondary N) is 1. The molecule has 0 aliphatic carbocycles. The molecule has 1 heterocycles. The van der Waals surface area contributed by atoms with Crippen LogP contribution in [0.3, 0.4) is 0 Å². The van der Waals surface area contributed by atoms with Gasteiger partial charge < -0.3 is 5.32 Å². The zero-order valence-electron chi connectivity index (χ0n) is 6.70. The predicted octanol–water partition coefficient (Wildman–Crippen LogP) is 0.963. The van der Waals surface area contributed by atoms with Crippen molar-refractivity contribution in [2.45, 2.75) is 19.9 Å². The highest BCUT2D eigenvalue weighted by atomic mass is 79.9. The molecular formula is C6H9BrN2O2S. The van der Waals surface area contributed by atoms with Gasteiger partial charge in [-0.25, -0.2) is 8.42 Å². The van der Waals surface area contributed by atoms with E-state index in [4.69, 9.17) is 0 Å². The smallest absolute Gasteiger partial charge is 0.235 e. The van der Waals surface area contributed by atoms with Crippen LogP contribution in [0.25, 0.3) is 0 Å². The maximum atomic E-state index is 11.2. The second-order valence-corrected chi connectivity index (χ2v) is 5.23. The topological polar surface area (TPSA) is 58.5 Å². The number of nitrogens with zero attached hydrogens (tertiary/aromatic N) is 1. The molecule has 1 rings (SSSR count). The van der Waals surface area contributed by atoms with E-state index in [-0.39, 0.29) is 11.2 Å². The molecule has 68 valence electrons. The van der Waals surface area contributed by atoms with Crippen molar-refractivity contribution in [3.63, 3.8) is 0 Å². The molecule has 1 N–H and O–H groups in total. The SMILES string of the molecule is CC(C)N=C1NC(Br)=CS1(=O)=O. The van der Waals surface area contributed by atoms with Gasteiger partial charge in [-0.05, 0) is 29.8 Å². The van der Waals surface area contributed by atoms with Gasteiger partial charge in [-0.3, -0.25) is 4.99 Å². The Bertz CT molecular complexity index is 343. The molecule has 6 heteroatoms. The Labute approximate surface area is 79.8 Å². The van der Waals surface area contributed by atoms with Crippen LogP contribution in [0.2, 0.25) is 0 Å². The van der Waals surface area contributed by atoms with Crippen LogP contribution in [0.4, 0.5) is 0 Å². The largest absolute Gasteiger partial charge is 0.324 e. The molecule has 4 nitrogen and oxygen atoms in total. The first kappa shape index (κ1) is 9.73. The summed E-state index contributed by atoms with van der Waals surface area (Å²) >= 11 is 3.03. The highest BCUT2D eigenvalue weighted by Gasteiger charge is 2.25. The van der Waals surface area contributed by atoms with Gasteiger partial charge in [0.15, 0.2) is 0 Å². The van der Waals surface area contributed by atoms with Gasteiger partial charge in [0.05, 0.1) is 10.0 Å². The lowest BCUT2D eigenvalue weighted by Crippen LogP contribution is -2.22. The summed E-state index contributed by atoms with van der Waals surface area (Å²) in [5, 5.41) is 3.74. The molecular weight excluding hydrogens is 244 g/mol. The summed E-state index contributed by atoms with van der Waals surface area (Å²) in [6, 6.07) is -0.0333. The quantitative estimate of drug-likeness (QED) is 0.708. The minimum absolute atomic E-state index is 0.0179. The van der Waals surface area contributed by atoms with Crippen LogP contribution in [0.1, 0.15) is 13.8 Å². The Kier molecular flexibility index (Phi) is 2.58. The molecule has 0 saturated heterocycles. The van der Waals surface area contributed by atoms with Crippen LogP contribution < -0.4 is 5.32 Å².